The maximum absolute atomic E-state index is 12.0. The van der Waals surface area contributed by atoms with E-state index in [2.05, 4.69) is 24.1 Å². The highest BCUT2D eigenvalue weighted by Crippen LogP contribution is 2.36. The molecule has 0 aliphatic carbocycles. The summed E-state index contributed by atoms with van der Waals surface area (Å²) in [6.07, 6.45) is 2.08. The second kappa shape index (κ2) is 8.28. The number of benzene rings is 2. The number of rotatable bonds is 6. The molecular weight excluding hydrogens is 314 g/mol. The van der Waals surface area contributed by atoms with E-state index in [1.807, 2.05) is 42.5 Å². The van der Waals surface area contributed by atoms with Crippen molar-refractivity contribution in [1.29, 1.82) is 0 Å². The van der Waals surface area contributed by atoms with E-state index in [0.29, 0.717) is 24.8 Å². The van der Waals surface area contributed by atoms with Crippen molar-refractivity contribution in [3.63, 3.8) is 0 Å². The summed E-state index contributed by atoms with van der Waals surface area (Å²) in [5, 5.41) is 0. The first-order valence-corrected chi connectivity index (χ1v) is 8.71. The molecule has 132 valence electrons. The summed E-state index contributed by atoms with van der Waals surface area (Å²) < 4.78 is 10.9. The highest BCUT2D eigenvalue weighted by atomic mass is 16.5. The Hall–Kier alpha value is -2.17. The summed E-state index contributed by atoms with van der Waals surface area (Å²) in [5.41, 5.74) is 2.89. The number of likely N-dealkylation sites (N-methyl/N-ethyl adjacent to an activating group) is 1. The van der Waals surface area contributed by atoms with Gasteiger partial charge in [0, 0.05) is 12.1 Å². The minimum absolute atomic E-state index is 0.223. The zero-order valence-corrected chi connectivity index (χ0v) is 14.9. The van der Waals surface area contributed by atoms with E-state index >= 15 is 0 Å². The highest BCUT2D eigenvalue weighted by Gasteiger charge is 2.33. The molecule has 0 bridgehead atoms. The van der Waals surface area contributed by atoms with Crippen LogP contribution in [-0.2, 0) is 16.1 Å². The predicted octanol–water partition coefficient (Wildman–Crippen LogP) is 3.83. The molecule has 1 aliphatic heterocycles. The van der Waals surface area contributed by atoms with Crippen LogP contribution in [0.2, 0.25) is 0 Å². The Morgan fingerprint density at radius 1 is 1.08 bits per heavy atom. The van der Waals surface area contributed by atoms with Crippen LogP contribution in [0.5, 0.6) is 0 Å². The zero-order valence-electron chi connectivity index (χ0n) is 14.9. The summed E-state index contributed by atoms with van der Waals surface area (Å²) in [5.74, 6) is -0.271. The maximum Gasteiger partial charge on any atom is 0.338 e. The number of carbonyl (C=O) groups is 1. The van der Waals surface area contributed by atoms with Crippen LogP contribution >= 0.6 is 0 Å². The highest BCUT2D eigenvalue weighted by molar-refractivity contribution is 5.91. The average molecular weight is 339 g/mol. The number of ether oxygens (including phenoxy) is 2. The molecule has 0 saturated carbocycles. The molecule has 25 heavy (non-hydrogen) atoms. The molecule has 4 nitrogen and oxygen atoms in total. The van der Waals surface area contributed by atoms with Gasteiger partial charge < -0.3 is 9.47 Å². The lowest BCUT2D eigenvalue weighted by atomic mass is 9.98. The van der Waals surface area contributed by atoms with E-state index in [4.69, 9.17) is 9.47 Å². The van der Waals surface area contributed by atoms with Crippen LogP contribution in [0.4, 0.5) is 0 Å². The monoisotopic (exact) mass is 339 g/mol. The van der Waals surface area contributed by atoms with Crippen molar-refractivity contribution < 1.29 is 14.3 Å². The number of hydrogen-bond donors (Lipinski definition) is 0. The van der Waals surface area contributed by atoms with Crippen molar-refractivity contribution in [2.24, 2.45) is 0 Å². The Labute approximate surface area is 149 Å². The molecule has 2 aromatic rings. The third-order valence-corrected chi connectivity index (χ3v) is 4.99. The smallest absolute Gasteiger partial charge is 0.338 e. The van der Waals surface area contributed by atoms with Gasteiger partial charge >= 0.3 is 5.97 Å². The van der Waals surface area contributed by atoms with E-state index in [-0.39, 0.29) is 12.0 Å². The van der Waals surface area contributed by atoms with Crippen molar-refractivity contribution in [3.8, 4) is 0 Å². The fourth-order valence-corrected chi connectivity index (χ4v) is 3.56. The topological polar surface area (TPSA) is 38.8 Å². The first kappa shape index (κ1) is 17.6. The van der Waals surface area contributed by atoms with Crippen molar-refractivity contribution in [2.45, 2.75) is 31.5 Å². The summed E-state index contributed by atoms with van der Waals surface area (Å²) in [4.78, 5) is 14.4. The second-order valence-electron chi connectivity index (χ2n) is 6.49. The minimum Gasteiger partial charge on any atom is -0.465 e. The molecule has 2 aromatic carbocycles. The zero-order chi connectivity index (χ0) is 17.6. The molecule has 1 heterocycles. The molecule has 1 saturated heterocycles. The number of esters is 1. The Bertz CT molecular complexity index is 701. The fraction of sp³-hybridized carbons (Fsp3) is 0.381. The molecule has 0 aromatic heterocycles. The third kappa shape index (κ3) is 4.09. The molecule has 0 N–H and O–H groups in total. The number of hydrogen-bond acceptors (Lipinski definition) is 4. The summed E-state index contributed by atoms with van der Waals surface area (Å²) in [6, 6.07) is 18.5. The van der Waals surface area contributed by atoms with Gasteiger partial charge in [0.1, 0.15) is 0 Å². The first-order chi connectivity index (χ1) is 12.2. The number of nitrogens with zero attached hydrogens (tertiary/aromatic N) is 1. The van der Waals surface area contributed by atoms with Gasteiger partial charge in [-0.1, -0.05) is 48.5 Å². The number of carbonyl (C=O) groups excluding carboxylic acids is 1. The van der Waals surface area contributed by atoms with E-state index in [1.165, 1.54) is 12.7 Å². The molecule has 2 atom stereocenters. The summed E-state index contributed by atoms with van der Waals surface area (Å²) >= 11 is 0. The van der Waals surface area contributed by atoms with E-state index in [1.54, 1.807) is 0 Å². The quantitative estimate of drug-likeness (QED) is 0.750. The lowest BCUT2D eigenvalue weighted by Gasteiger charge is -2.27. The molecule has 4 heteroatoms. The lowest BCUT2D eigenvalue weighted by Crippen LogP contribution is -2.32. The summed E-state index contributed by atoms with van der Waals surface area (Å²) in [7, 11) is 3.54. The summed E-state index contributed by atoms with van der Waals surface area (Å²) in [6.45, 7) is 1.33. The fourth-order valence-electron chi connectivity index (χ4n) is 3.56. The average Bonchev–Trinajstić information content (AvgIpc) is 3.02. The molecule has 3 rings (SSSR count). The van der Waals surface area contributed by atoms with Crippen LogP contribution in [0.1, 0.15) is 40.4 Å². The van der Waals surface area contributed by atoms with Crippen molar-refractivity contribution in [3.05, 3.63) is 71.3 Å². The molecule has 0 radical (unpaired) electrons. The minimum atomic E-state index is -0.271. The van der Waals surface area contributed by atoms with Crippen molar-refractivity contribution >= 4 is 5.97 Å². The number of likely N-dealkylation sites (tertiary alicyclic amines) is 1. The van der Waals surface area contributed by atoms with Crippen LogP contribution in [0.25, 0.3) is 0 Å². The Morgan fingerprint density at radius 2 is 1.80 bits per heavy atom. The van der Waals surface area contributed by atoms with E-state index in [0.717, 1.165) is 18.4 Å². The SMILES string of the molecule is COC(=O)c1ccccc1[C@@H]1CC[C@@H](COCc2ccccc2)N1C. The maximum atomic E-state index is 12.0. The van der Waals surface area contributed by atoms with Crippen LogP contribution in [0.3, 0.4) is 0 Å². The van der Waals surface area contributed by atoms with Gasteiger partial charge in [-0.05, 0) is 37.1 Å². The Balaban J connectivity index is 1.62. The molecule has 0 spiro atoms. The molecular formula is C21H25NO3. The van der Waals surface area contributed by atoms with Gasteiger partial charge in [-0.3, -0.25) is 4.90 Å². The van der Waals surface area contributed by atoms with Gasteiger partial charge in [-0.15, -0.1) is 0 Å². The van der Waals surface area contributed by atoms with Crippen LogP contribution in [0.15, 0.2) is 54.6 Å². The third-order valence-electron chi connectivity index (χ3n) is 4.99. The van der Waals surface area contributed by atoms with Crippen molar-refractivity contribution in [2.75, 3.05) is 20.8 Å². The van der Waals surface area contributed by atoms with Gasteiger partial charge in [0.15, 0.2) is 0 Å². The van der Waals surface area contributed by atoms with Gasteiger partial charge in [0.05, 0.1) is 25.9 Å². The van der Waals surface area contributed by atoms with Crippen LogP contribution < -0.4 is 0 Å². The molecule has 1 aliphatic rings. The standard InChI is InChI=1S/C21H25NO3/c1-22-17(15-25-14-16-8-4-3-5-9-16)12-13-20(22)18-10-6-7-11-19(18)21(23)24-2/h3-11,17,20H,12-15H2,1-2H3/t17-,20-/m0/s1. The normalized spacial score (nSPS) is 20.6. The predicted molar refractivity (Wildman–Crippen MR) is 97.4 cm³/mol. The van der Waals surface area contributed by atoms with Gasteiger partial charge in [-0.25, -0.2) is 4.79 Å². The van der Waals surface area contributed by atoms with Gasteiger partial charge in [0.2, 0.25) is 0 Å². The van der Waals surface area contributed by atoms with Gasteiger partial charge in [-0.2, -0.15) is 0 Å². The molecule has 0 unspecified atom stereocenters. The first-order valence-electron chi connectivity index (χ1n) is 8.71. The second-order valence-corrected chi connectivity index (χ2v) is 6.49. The largest absolute Gasteiger partial charge is 0.465 e. The Morgan fingerprint density at radius 3 is 2.56 bits per heavy atom. The number of methoxy groups -OCH3 is 1. The Kier molecular flexibility index (Phi) is 5.84. The van der Waals surface area contributed by atoms with Crippen LogP contribution in [-0.4, -0.2) is 37.7 Å². The lowest BCUT2D eigenvalue weighted by molar-refractivity contribution is 0.0588. The van der Waals surface area contributed by atoms with Crippen molar-refractivity contribution in [1.82, 2.24) is 4.90 Å². The molecule has 1 fully saturated rings. The van der Waals surface area contributed by atoms with Crippen LogP contribution in [0, 0.1) is 0 Å². The van der Waals surface area contributed by atoms with E-state index < -0.39 is 0 Å². The molecule has 0 amide bonds. The van der Waals surface area contributed by atoms with Gasteiger partial charge in [0.25, 0.3) is 0 Å². The van der Waals surface area contributed by atoms with E-state index in [9.17, 15) is 4.79 Å².